The van der Waals surface area contributed by atoms with E-state index >= 15 is 0 Å². The van der Waals surface area contributed by atoms with E-state index in [1.165, 1.54) is 12.8 Å². The Morgan fingerprint density at radius 3 is 3.06 bits per heavy atom. The van der Waals surface area contributed by atoms with Gasteiger partial charge in [0.15, 0.2) is 0 Å². The second-order valence-electron chi connectivity index (χ2n) is 5.12. The van der Waals surface area contributed by atoms with Crippen molar-refractivity contribution in [3.8, 4) is 0 Å². The van der Waals surface area contributed by atoms with Gasteiger partial charge in [-0.3, -0.25) is 0 Å². The average Bonchev–Trinajstić information content (AvgIpc) is 2.85. The van der Waals surface area contributed by atoms with Gasteiger partial charge in [-0.15, -0.1) is 0 Å². The molecule has 0 saturated carbocycles. The van der Waals surface area contributed by atoms with Gasteiger partial charge in [0, 0.05) is 19.3 Å². The summed E-state index contributed by atoms with van der Waals surface area (Å²) < 4.78 is 7.75. The first-order valence-corrected chi connectivity index (χ1v) is 5.98. The van der Waals surface area contributed by atoms with Gasteiger partial charge in [-0.05, 0) is 33.1 Å². The second kappa shape index (κ2) is 4.55. The number of aryl methyl sites for hydroxylation is 1. The molecule has 1 fully saturated rings. The third-order valence-electron chi connectivity index (χ3n) is 3.09. The molecule has 4 nitrogen and oxygen atoms in total. The molecule has 0 aliphatic carbocycles. The van der Waals surface area contributed by atoms with Crippen LogP contribution in [0.3, 0.4) is 0 Å². The fourth-order valence-corrected chi connectivity index (χ4v) is 2.19. The predicted octanol–water partition coefficient (Wildman–Crippen LogP) is 1.65. The van der Waals surface area contributed by atoms with E-state index in [0.29, 0.717) is 6.10 Å². The maximum atomic E-state index is 6.09. The molecule has 2 N–H and O–H groups in total. The zero-order chi connectivity index (χ0) is 11.6. The molecule has 0 radical (unpaired) electrons. The Bertz CT molecular complexity index is 334. The number of aromatic nitrogens is 2. The minimum atomic E-state index is -0.326. The molecule has 2 rings (SSSR count). The minimum Gasteiger partial charge on any atom is -0.378 e. The van der Waals surface area contributed by atoms with E-state index < -0.39 is 0 Å². The first kappa shape index (κ1) is 11.6. The molecule has 1 atom stereocenters. The van der Waals surface area contributed by atoms with Crippen molar-refractivity contribution < 1.29 is 4.74 Å². The SMILES string of the molecule is CC(C)(N)c1cncn1CCC1CCCO1. The molecule has 0 amide bonds. The normalized spacial score (nSPS) is 21.6. The van der Waals surface area contributed by atoms with E-state index in [-0.39, 0.29) is 5.54 Å². The van der Waals surface area contributed by atoms with E-state index in [0.717, 1.165) is 25.3 Å². The largest absolute Gasteiger partial charge is 0.378 e. The Labute approximate surface area is 96.8 Å². The molecule has 0 aromatic carbocycles. The summed E-state index contributed by atoms with van der Waals surface area (Å²) in [7, 11) is 0. The molecule has 16 heavy (non-hydrogen) atoms. The first-order chi connectivity index (χ1) is 7.57. The van der Waals surface area contributed by atoms with Crippen LogP contribution in [-0.2, 0) is 16.8 Å². The van der Waals surface area contributed by atoms with Gasteiger partial charge < -0.3 is 15.0 Å². The fraction of sp³-hybridized carbons (Fsp3) is 0.750. The van der Waals surface area contributed by atoms with Gasteiger partial charge in [-0.25, -0.2) is 4.98 Å². The number of nitrogens with two attached hydrogens (primary N) is 1. The molecule has 1 aromatic heterocycles. The summed E-state index contributed by atoms with van der Waals surface area (Å²) in [6, 6.07) is 0. The number of rotatable bonds is 4. The van der Waals surface area contributed by atoms with Crippen LogP contribution in [0.4, 0.5) is 0 Å². The van der Waals surface area contributed by atoms with Gasteiger partial charge in [0.05, 0.1) is 23.7 Å². The van der Waals surface area contributed by atoms with Crippen LogP contribution in [0.15, 0.2) is 12.5 Å². The summed E-state index contributed by atoms with van der Waals surface area (Å²) in [6.45, 7) is 5.88. The minimum absolute atomic E-state index is 0.326. The van der Waals surface area contributed by atoms with E-state index in [9.17, 15) is 0 Å². The quantitative estimate of drug-likeness (QED) is 0.844. The molecule has 1 saturated heterocycles. The predicted molar refractivity (Wildman–Crippen MR) is 63.0 cm³/mol. The smallest absolute Gasteiger partial charge is 0.0948 e. The number of nitrogens with zero attached hydrogens (tertiary/aromatic N) is 2. The third kappa shape index (κ3) is 2.62. The summed E-state index contributed by atoms with van der Waals surface area (Å²) in [6.07, 6.45) is 7.59. The van der Waals surface area contributed by atoms with Gasteiger partial charge in [-0.1, -0.05) is 0 Å². The average molecular weight is 223 g/mol. The Kier molecular flexibility index (Phi) is 3.30. The molecule has 0 spiro atoms. The first-order valence-electron chi connectivity index (χ1n) is 5.98. The number of imidazole rings is 1. The zero-order valence-corrected chi connectivity index (χ0v) is 10.1. The van der Waals surface area contributed by atoms with E-state index in [2.05, 4.69) is 9.55 Å². The highest BCUT2D eigenvalue weighted by molar-refractivity contribution is 5.09. The molecule has 90 valence electrons. The van der Waals surface area contributed by atoms with Crippen LogP contribution < -0.4 is 5.73 Å². The van der Waals surface area contributed by atoms with Gasteiger partial charge in [0.25, 0.3) is 0 Å². The Balaban J connectivity index is 1.96. The van der Waals surface area contributed by atoms with Gasteiger partial charge in [0.1, 0.15) is 0 Å². The lowest BCUT2D eigenvalue weighted by Crippen LogP contribution is -2.31. The second-order valence-corrected chi connectivity index (χ2v) is 5.12. The lowest BCUT2D eigenvalue weighted by molar-refractivity contribution is 0.0999. The zero-order valence-electron chi connectivity index (χ0n) is 10.1. The van der Waals surface area contributed by atoms with Crippen LogP contribution in [0.2, 0.25) is 0 Å². The van der Waals surface area contributed by atoms with Crippen molar-refractivity contribution >= 4 is 0 Å². The molecule has 1 aliphatic rings. The summed E-state index contributed by atoms with van der Waals surface area (Å²) >= 11 is 0. The van der Waals surface area contributed by atoms with Crippen molar-refractivity contribution in [3.05, 3.63) is 18.2 Å². The van der Waals surface area contributed by atoms with Crippen LogP contribution in [0.25, 0.3) is 0 Å². The topological polar surface area (TPSA) is 53.1 Å². The van der Waals surface area contributed by atoms with Crippen molar-refractivity contribution in [2.24, 2.45) is 5.73 Å². The molecule has 1 aliphatic heterocycles. The van der Waals surface area contributed by atoms with Crippen LogP contribution in [-0.4, -0.2) is 22.3 Å². The van der Waals surface area contributed by atoms with Crippen LogP contribution in [0, 0.1) is 0 Å². The van der Waals surface area contributed by atoms with Crippen molar-refractivity contribution in [1.82, 2.24) is 9.55 Å². The van der Waals surface area contributed by atoms with E-state index in [1.807, 2.05) is 26.4 Å². The van der Waals surface area contributed by atoms with E-state index in [1.54, 1.807) is 0 Å². The summed E-state index contributed by atoms with van der Waals surface area (Å²) in [5.41, 5.74) is 6.86. The van der Waals surface area contributed by atoms with E-state index in [4.69, 9.17) is 10.5 Å². The van der Waals surface area contributed by atoms with Crippen molar-refractivity contribution in [2.75, 3.05) is 6.61 Å². The monoisotopic (exact) mass is 223 g/mol. The van der Waals surface area contributed by atoms with Crippen molar-refractivity contribution in [1.29, 1.82) is 0 Å². The fourth-order valence-electron chi connectivity index (χ4n) is 2.19. The number of hydrogen-bond donors (Lipinski definition) is 1. The molecular weight excluding hydrogens is 202 g/mol. The van der Waals surface area contributed by atoms with Crippen LogP contribution in [0.1, 0.15) is 38.8 Å². The van der Waals surface area contributed by atoms with Gasteiger partial charge in [0.2, 0.25) is 0 Å². The van der Waals surface area contributed by atoms with Gasteiger partial charge in [-0.2, -0.15) is 0 Å². The molecule has 1 aromatic rings. The van der Waals surface area contributed by atoms with Crippen molar-refractivity contribution in [3.63, 3.8) is 0 Å². The number of ether oxygens (including phenoxy) is 1. The standard InChI is InChI=1S/C12H21N3O/c1-12(2,13)11-8-14-9-15(11)6-5-10-4-3-7-16-10/h8-10H,3-7,13H2,1-2H3. The molecule has 0 bridgehead atoms. The van der Waals surface area contributed by atoms with Crippen LogP contribution >= 0.6 is 0 Å². The Morgan fingerprint density at radius 1 is 1.62 bits per heavy atom. The highest BCUT2D eigenvalue weighted by atomic mass is 16.5. The molecule has 2 heterocycles. The Morgan fingerprint density at radius 2 is 2.44 bits per heavy atom. The molecular formula is C12H21N3O. The van der Waals surface area contributed by atoms with Gasteiger partial charge >= 0.3 is 0 Å². The van der Waals surface area contributed by atoms with Crippen molar-refractivity contribution in [2.45, 2.75) is 51.3 Å². The number of hydrogen-bond acceptors (Lipinski definition) is 3. The summed E-state index contributed by atoms with van der Waals surface area (Å²) in [5, 5.41) is 0. The maximum absolute atomic E-state index is 6.09. The summed E-state index contributed by atoms with van der Waals surface area (Å²) in [4.78, 5) is 4.18. The molecule has 1 unspecified atom stereocenters. The summed E-state index contributed by atoms with van der Waals surface area (Å²) in [5.74, 6) is 0. The highest BCUT2D eigenvalue weighted by Crippen LogP contribution is 2.19. The maximum Gasteiger partial charge on any atom is 0.0948 e. The third-order valence-corrected chi connectivity index (χ3v) is 3.09. The Hall–Kier alpha value is -0.870. The molecule has 4 heteroatoms. The lowest BCUT2D eigenvalue weighted by Gasteiger charge is -2.21. The lowest BCUT2D eigenvalue weighted by atomic mass is 10.0. The highest BCUT2D eigenvalue weighted by Gasteiger charge is 2.20. The van der Waals surface area contributed by atoms with Crippen LogP contribution in [0.5, 0.6) is 0 Å².